The number of hydrazone groups is 1. The lowest BCUT2D eigenvalue weighted by atomic mass is 9.96. The fourth-order valence-electron chi connectivity index (χ4n) is 4.13. The van der Waals surface area contributed by atoms with Crippen molar-refractivity contribution < 1.29 is 4.79 Å². The Bertz CT molecular complexity index is 1150. The highest BCUT2D eigenvalue weighted by Crippen LogP contribution is 2.34. The maximum atomic E-state index is 13.0. The van der Waals surface area contributed by atoms with Gasteiger partial charge in [-0.3, -0.25) is 14.8 Å². The molecule has 3 heterocycles. The zero-order valence-corrected chi connectivity index (χ0v) is 18.2. The number of hydrogen-bond acceptors (Lipinski definition) is 4. The van der Waals surface area contributed by atoms with Gasteiger partial charge in [-0.15, -0.1) is 0 Å². The number of aromatic nitrogens is 1. The molecule has 3 aromatic rings. The molecular weight excluding hydrogens is 431 g/mol. The third-order valence-electron chi connectivity index (χ3n) is 5.68. The van der Waals surface area contributed by atoms with Gasteiger partial charge >= 0.3 is 0 Å². The van der Waals surface area contributed by atoms with Crippen molar-refractivity contribution in [3.8, 4) is 0 Å². The first kappa shape index (κ1) is 20.0. The maximum Gasteiger partial charge on any atom is 0.256 e. The highest BCUT2D eigenvalue weighted by Gasteiger charge is 2.31. The van der Waals surface area contributed by atoms with E-state index < -0.39 is 0 Å². The molecule has 0 bridgehead atoms. The maximum absolute atomic E-state index is 13.0. The van der Waals surface area contributed by atoms with Crippen molar-refractivity contribution in [3.05, 3.63) is 98.8 Å². The standard InChI is InChI=1S/C24H20Cl2N4O/c25-21-5-3-16(4-6-21)12-29-14-19-8-18(9-22(26)23(19)24(29)31)20-11-28-30(15-20)13-17-2-1-7-27-10-17/h1-11,20H,12-15H2. The van der Waals surface area contributed by atoms with Crippen molar-refractivity contribution in [1.82, 2.24) is 14.9 Å². The van der Waals surface area contributed by atoms with Gasteiger partial charge in [0.25, 0.3) is 5.91 Å². The van der Waals surface area contributed by atoms with Gasteiger partial charge in [0, 0.05) is 49.2 Å². The van der Waals surface area contributed by atoms with Crippen LogP contribution in [0.25, 0.3) is 0 Å². The summed E-state index contributed by atoms with van der Waals surface area (Å²) >= 11 is 12.5. The Morgan fingerprint density at radius 2 is 1.87 bits per heavy atom. The monoisotopic (exact) mass is 450 g/mol. The molecule has 0 spiro atoms. The molecule has 156 valence electrons. The molecule has 0 N–H and O–H groups in total. The Kier molecular flexibility index (Phi) is 5.38. The third kappa shape index (κ3) is 4.16. The van der Waals surface area contributed by atoms with Crippen LogP contribution in [-0.4, -0.2) is 33.6 Å². The zero-order valence-electron chi connectivity index (χ0n) is 16.7. The van der Waals surface area contributed by atoms with Crippen LogP contribution in [0.3, 0.4) is 0 Å². The normalized spacial score (nSPS) is 17.5. The molecule has 2 aromatic carbocycles. The number of benzene rings is 2. The molecule has 1 aromatic heterocycles. The highest BCUT2D eigenvalue weighted by atomic mass is 35.5. The fraction of sp³-hybridized carbons (Fsp3) is 0.208. The molecule has 1 unspecified atom stereocenters. The smallest absolute Gasteiger partial charge is 0.256 e. The lowest BCUT2D eigenvalue weighted by molar-refractivity contribution is 0.0767. The molecule has 1 amide bonds. The molecule has 7 heteroatoms. The Morgan fingerprint density at radius 1 is 1.03 bits per heavy atom. The summed E-state index contributed by atoms with van der Waals surface area (Å²) in [5.41, 5.74) is 4.83. The van der Waals surface area contributed by atoms with Crippen molar-refractivity contribution in [2.75, 3.05) is 6.54 Å². The molecule has 0 saturated carbocycles. The molecule has 0 saturated heterocycles. The van der Waals surface area contributed by atoms with E-state index in [4.69, 9.17) is 23.2 Å². The van der Waals surface area contributed by atoms with Gasteiger partial charge in [-0.05, 0) is 46.5 Å². The van der Waals surface area contributed by atoms with E-state index in [-0.39, 0.29) is 11.8 Å². The average Bonchev–Trinajstić information content (AvgIpc) is 3.35. The summed E-state index contributed by atoms with van der Waals surface area (Å²) in [6, 6.07) is 15.6. The van der Waals surface area contributed by atoms with Gasteiger partial charge in [0.2, 0.25) is 0 Å². The molecule has 2 aliphatic heterocycles. The van der Waals surface area contributed by atoms with Gasteiger partial charge in [-0.2, -0.15) is 5.10 Å². The average molecular weight is 451 g/mol. The number of pyridine rings is 1. The molecule has 1 atom stereocenters. The highest BCUT2D eigenvalue weighted by molar-refractivity contribution is 6.34. The van der Waals surface area contributed by atoms with E-state index in [0.29, 0.717) is 35.2 Å². The lowest BCUT2D eigenvalue weighted by Gasteiger charge is -2.16. The molecule has 0 fully saturated rings. The van der Waals surface area contributed by atoms with E-state index >= 15 is 0 Å². The van der Waals surface area contributed by atoms with Gasteiger partial charge in [0.15, 0.2) is 0 Å². The number of nitrogens with zero attached hydrogens (tertiary/aromatic N) is 4. The molecule has 0 aliphatic carbocycles. The van der Waals surface area contributed by atoms with Crippen molar-refractivity contribution in [2.24, 2.45) is 5.10 Å². The van der Waals surface area contributed by atoms with Crippen LogP contribution in [0, 0.1) is 0 Å². The zero-order chi connectivity index (χ0) is 21.4. The number of carbonyl (C=O) groups is 1. The van der Waals surface area contributed by atoms with E-state index in [1.807, 2.05) is 64.8 Å². The molecule has 31 heavy (non-hydrogen) atoms. The molecular formula is C24H20Cl2N4O. The van der Waals surface area contributed by atoms with Crippen LogP contribution in [0.5, 0.6) is 0 Å². The first-order valence-corrected chi connectivity index (χ1v) is 10.9. The van der Waals surface area contributed by atoms with Gasteiger partial charge in [-0.25, -0.2) is 0 Å². The summed E-state index contributed by atoms with van der Waals surface area (Å²) < 4.78 is 0. The molecule has 5 nitrogen and oxygen atoms in total. The minimum Gasteiger partial charge on any atom is -0.330 e. The van der Waals surface area contributed by atoms with Crippen LogP contribution in [-0.2, 0) is 19.6 Å². The van der Waals surface area contributed by atoms with E-state index in [1.165, 1.54) is 0 Å². The van der Waals surface area contributed by atoms with Crippen LogP contribution >= 0.6 is 23.2 Å². The summed E-state index contributed by atoms with van der Waals surface area (Å²) in [6.45, 7) is 2.56. The molecule has 0 radical (unpaired) electrons. The quantitative estimate of drug-likeness (QED) is 0.541. The minimum absolute atomic E-state index is 0.0280. The second kappa shape index (κ2) is 8.33. The fourth-order valence-corrected chi connectivity index (χ4v) is 4.59. The first-order valence-electron chi connectivity index (χ1n) is 10.1. The van der Waals surface area contributed by atoms with Crippen LogP contribution < -0.4 is 0 Å². The van der Waals surface area contributed by atoms with Crippen LogP contribution in [0.2, 0.25) is 10.0 Å². The van der Waals surface area contributed by atoms with Crippen LogP contribution in [0.4, 0.5) is 0 Å². The summed E-state index contributed by atoms with van der Waals surface area (Å²) in [5, 5.41) is 7.78. The molecule has 2 aliphatic rings. The van der Waals surface area contributed by atoms with E-state index in [9.17, 15) is 4.79 Å². The Morgan fingerprint density at radius 3 is 2.65 bits per heavy atom. The van der Waals surface area contributed by atoms with Gasteiger partial charge in [-0.1, -0.05) is 47.5 Å². The second-order valence-corrected chi connectivity index (χ2v) is 8.75. The van der Waals surface area contributed by atoms with Gasteiger partial charge in [0.1, 0.15) is 0 Å². The SMILES string of the molecule is O=C1c2c(Cl)cc(C3C=NN(Cc4cccnc4)C3)cc2CN1Cc1ccc(Cl)cc1. The second-order valence-electron chi connectivity index (χ2n) is 7.90. The predicted molar refractivity (Wildman–Crippen MR) is 122 cm³/mol. The minimum atomic E-state index is -0.0280. The van der Waals surface area contributed by atoms with Crippen molar-refractivity contribution in [1.29, 1.82) is 0 Å². The van der Waals surface area contributed by atoms with Crippen molar-refractivity contribution in [3.63, 3.8) is 0 Å². The topological polar surface area (TPSA) is 48.8 Å². The van der Waals surface area contributed by atoms with Crippen molar-refractivity contribution in [2.45, 2.75) is 25.6 Å². The number of hydrogen-bond donors (Lipinski definition) is 0. The number of halogens is 2. The molecule has 5 rings (SSSR count). The summed E-state index contributed by atoms with van der Waals surface area (Å²) in [7, 11) is 0. The number of rotatable bonds is 5. The Balaban J connectivity index is 1.31. The summed E-state index contributed by atoms with van der Waals surface area (Å²) in [4.78, 5) is 18.9. The van der Waals surface area contributed by atoms with Crippen LogP contribution in [0.1, 0.15) is 38.5 Å². The third-order valence-corrected chi connectivity index (χ3v) is 6.23. The summed E-state index contributed by atoms with van der Waals surface area (Å²) in [5.74, 6) is 0.111. The lowest BCUT2D eigenvalue weighted by Crippen LogP contribution is -2.23. The van der Waals surface area contributed by atoms with Gasteiger partial charge < -0.3 is 4.90 Å². The van der Waals surface area contributed by atoms with Gasteiger partial charge in [0.05, 0.1) is 17.1 Å². The first-order chi connectivity index (χ1) is 15.1. The van der Waals surface area contributed by atoms with Crippen LogP contribution in [0.15, 0.2) is 66.0 Å². The predicted octanol–water partition coefficient (Wildman–Crippen LogP) is 5.13. The largest absolute Gasteiger partial charge is 0.330 e. The number of amides is 1. The Labute approximate surface area is 190 Å². The van der Waals surface area contributed by atoms with E-state index in [0.717, 1.165) is 28.8 Å². The van der Waals surface area contributed by atoms with Crippen molar-refractivity contribution >= 4 is 35.3 Å². The number of carbonyl (C=O) groups excluding carboxylic acids is 1. The Hall–Kier alpha value is -2.89. The van der Waals surface area contributed by atoms with E-state index in [2.05, 4.69) is 16.2 Å². The van der Waals surface area contributed by atoms with E-state index in [1.54, 1.807) is 6.20 Å². The summed E-state index contributed by atoms with van der Waals surface area (Å²) in [6.07, 6.45) is 5.58. The number of fused-ring (bicyclic) bond motifs is 1.